The topological polar surface area (TPSA) is 49.4 Å². The number of nitrogens with one attached hydrogen (secondary N) is 1. The van der Waals surface area contributed by atoms with Gasteiger partial charge in [0.2, 0.25) is 11.8 Å². The fourth-order valence-corrected chi connectivity index (χ4v) is 4.56. The molecule has 0 saturated carbocycles. The first-order chi connectivity index (χ1) is 9.90. The van der Waals surface area contributed by atoms with Gasteiger partial charge < -0.3 is 10.2 Å². The van der Waals surface area contributed by atoms with Crippen LogP contribution in [0, 0.1) is 0 Å². The van der Waals surface area contributed by atoms with Crippen LogP contribution in [0.5, 0.6) is 0 Å². The molecule has 2 saturated heterocycles. The lowest BCUT2D eigenvalue weighted by atomic mass is 9.97. The standard InChI is InChI=1S/C16H20N2O2S/c1-10-16(2,3)21-15-13(14(20)18(10)15)17-12(19)9-11-7-5-4-6-8-11/h4-8,10,13,15H,9H2,1-3H3,(H,17,19)/t10?,13-,15?/m1/s1. The van der Waals surface area contributed by atoms with Crippen LogP contribution in [0.3, 0.4) is 0 Å². The molecule has 1 aromatic rings. The summed E-state index contributed by atoms with van der Waals surface area (Å²) in [6.45, 7) is 6.38. The lowest BCUT2D eigenvalue weighted by Crippen LogP contribution is -2.69. The largest absolute Gasteiger partial charge is 0.341 e. The zero-order chi connectivity index (χ0) is 15.2. The van der Waals surface area contributed by atoms with Gasteiger partial charge in [-0.25, -0.2) is 0 Å². The zero-order valence-electron chi connectivity index (χ0n) is 12.5. The number of β-lactam (4-membered cyclic amide) rings is 1. The average molecular weight is 304 g/mol. The van der Waals surface area contributed by atoms with E-state index in [-0.39, 0.29) is 34.0 Å². The Balaban J connectivity index is 1.62. The van der Waals surface area contributed by atoms with Crippen LogP contribution in [-0.4, -0.2) is 38.9 Å². The fourth-order valence-electron chi connectivity index (χ4n) is 2.91. The number of rotatable bonds is 3. The van der Waals surface area contributed by atoms with Gasteiger partial charge in [0.15, 0.2) is 0 Å². The summed E-state index contributed by atoms with van der Waals surface area (Å²) < 4.78 is 0.0409. The molecule has 0 radical (unpaired) electrons. The zero-order valence-corrected chi connectivity index (χ0v) is 13.3. The van der Waals surface area contributed by atoms with E-state index in [1.165, 1.54) is 0 Å². The molecule has 2 aliphatic heterocycles. The maximum absolute atomic E-state index is 12.2. The Hall–Kier alpha value is -1.49. The summed E-state index contributed by atoms with van der Waals surface area (Å²) >= 11 is 1.78. The maximum Gasteiger partial charge on any atom is 0.249 e. The second-order valence-electron chi connectivity index (χ2n) is 6.24. The molecule has 0 aromatic heterocycles. The lowest BCUT2D eigenvalue weighted by Gasteiger charge is -2.44. The molecule has 0 bridgehead atoms. The molecule has 5 heteroatoms. The highest BCUT2D eigenvalue weighted by atomic mass is 32.2. The highest BCUT2D eigenvalue weighted by Crippen LogP contribution is 2.50. The van der Waals surface area contributed by atoms with Gasteiger partial charge in [0.1, 0.15) is 11.4 Å². The van der Waals surface area contributed by atoms with Gasteiger partial charge in [-0.15, -0.1) is 11.8 Å². The van der Waals surface area contributed by atoms with E-state index >= 15 is 0 Å². The summed E-state index contributed by atoms with van der Waals surface area (Å²) in [5, 5.41) is 2.98. The Bertz CT molecular complexity index is 573. The lowest BCUT2D eigenvalue weighted by molar-refractivity contribution is -0.150. The molecule has 3 atom stereocenters. The second kappa shape index (κ2) is 5.05. The Morgan fingerprint density at radius 3 is 2.67 bits per heavy atom. The molecule has 2 unspecified atom stereocenters. The van der Waals surface area contributed by atoms with Gasteiger partial charge in [0.05, 0.1) is 6.42 Å². The van der Waals surface area contributed by atoms with Crippen LogP contribution in [0.1, 0.15) is 26.3 Å². The minimum absolute atomic E-state index is 0.0409. The van der Waals surface area contributed by atoms with Crippen molar-refractivity contribution in [3.05, 3.63) is 35.9 Å². The molecule has 1 N–H and O–H groups in total. The predicted molar refractivity (Wildman–Crippen MR) is 83.8 cm³/mol. The normalized spacial score (nSPS) is 29.8. The van der Waals surface area contributed by atoms with Crippen molar-refractivity contribution in [1.82, 2.24) is 10.2 Å². The van der Waals surface area contributed by atoms with Gasteiger partial charge in [-0.2, -0.15) is 0 Å². The molecule has 0 aliphatic carbocycles. The van der Waals surface area contributed by atoms with Crippen LogP contribution in [0.2, 0.25) is 0 Å². The van der Waals surface area contributed by atoms with Crippen LogP contribution in [0.15, 0.2) is 30.3 Å². The van der Waals surface area contributed by atoms with Gasteiger partial charge in [-0.1, -0.05) is 30.3 Å². The van der Waals surface area contributed by atoms with E-state index in [1.807, 2.05) is 35.2 Å². The highest BCUT2D eigenvalue weighted by molar-refractivity contribution is 8.01. The van der Waals surface area contributed by atoms with Crippen molar-refractivity contribution in [3.8, 4) is 0 Å². The van der Waals surface area contributed by atoms with E-state index in [1.54, 1.807) is 11.8 Å². The van der Waals surface area contributed by atoms with Crippen molar-refractivity contribution >= 4 is 23.6 Å². The summed E-state index contributed by atoms with van der Waals surface area (Å²) in [6.07, 6.45) is 0.320. The van der Waals surface area contributed by atoms with Gasteiger partial charge in [-0.3, -0.25) is 9.59 Å². The van der Waals surface area contributed by atoms with Crippen LogP contribution in [0.25, 0.3) is 0 Å². The van der Waals surface area contributed by atoms with Gasteiger partial charge in [0.25, 0.3) is 0 Å². The summed E-state index contributed by atoms with van der Waals surface area (Å²) in [5.74, 6) is -0.0378. The fraction of sp³-hybridized carbons (Fsp3) is 0.500. The maximum atomic E-state index is 12.2. The quantitative estimate of drug-likeness (QED) is 0.866. The number of carbonyl (C=O) groups excluding carboxylic acids is 2. The number of hydrogen-bond donors (Lipinski definition) is 1. The predicted octanol–water partition coefficient (Wildman–Crippen LogP) is 1.80. The Kier molecular flexibility index (Phi) is 3.48. The third-order valence-electron chi connectivity index (χ3n) is 4.45. The van der Waals surface area contributed by atoms with Crippen molar-refractivity contribution in [2.45, 2.75) is 49.4 Å². The number of benzene rings is 1. The first-order valence-corrected chi connectivity index (χ1v) is 8.11. The molecule has 2 aliphatic rings. The monoisotopic (exact) mass is 304 g/mol. The van der Waals surface area contributed by atoms with E-state index in [4.69, 9.17) is 0 Å². The second-order valence-corrected chi connectivity index (χ2v) is 8.01. The number of thioether (sulfide) groups is 1. The minimum atomic E-state index is -0.365. The highest BCUT2D eigenvalue weighted by Gasteiger charge is 2.60. The van der Waals surface area contributed by atoms with Crippen LogP contribution in [0.4, 0.5) is 0 Å². The third kappa shape index (κ3) is 2.44. The smallest absolute Gasteiger partial charge is 0.249 e. The summed E-state index contributed by atoms with van der Waals surface area (Å²) in [6, 6.07) is 9.44. The summed E-state index contributed by atoms with van der Waals surface area (Å²) in [7, 11) is 0. The molecular weight excluding hydrogens is 284 g/mol. The van der Waals surface area contributed by atoms with Gasteiger partial charge in [0, 0.05) is 10.8 Å². The van der Waals surface area contributed by atoms with E-state index in [0.29, 0.717) is 6.42 Å². The Morgan fingerprint density at radius 1 is 1.33 bits per heavy atom. The van der Waals surface area contributed by atoms with Crippen LogP contribution < -0.4 is 5.32 Å². The number of hydrogen-bond acceptors (Lipinski definition) is 3. The van der Waals surface area contributed by atoms with Crippen molar-refractivity contribution < 1.29 is 9.59 Å². The molecular formula is C16H20N2O2S. The van der Waals surface area contributed by atoms with Crippen molar-refractivity contribution in [2.24, 2.45) is 0 Å². The Labute approximate surface area is 129 Å². The number of carbonyl (C=O) groups is 2. The molecule has 2 amide bonds. The molecule has 1 aromatic carbocycles. The first kappa shape index (κ1) is 14.4. The molecule has 0 spiro atoms. The van der Waals surface area contributed by atoms with Gasteiger partial charge >= 0.3 is 0 Å². The average Bonchev–Trinajstić information content (AvgIpc) is 2.65. The summed E-state index contributed by atoms with van der Waals surface area (Å²) in [4.78, 5) is 26.2. The number of fused-ring (bicyclic) bond motifs is 1. The van der Waals surface area contributed by atoms with Crippen LogP contribution in [-0.2, 0) is 16.0 Å². The van der Waals surface area contributed by atoms with Crippen molar-refractivity contribution in [3.63, 3.8) is 0 Å². The molecule has 2 heterocycles. The molecule has 4 nitrogen and oxygen atoms in total. The molecule has 21 heavy (non-hydrogen) atoms. The number of amides is 2. The minimum Gasteiger partial charge on any atom is -0.341 e. The molecule has 112 valence electrons. The third-order valence-corrected chi connectivity index (χ3v) is 6.14. The van der Waals surface area contributed by atoms with E-state index in [0.717, 1.165) is 5.56 Å². The Morgan fingerprint density at radius 2 is 2.00 bits per heavy atom. The molecule has 2 fully saturated rings. The van der Waals surface area contributed by atoms with Crippen LogP contribution >= 0.6 is 11.8 Å². The number of nitrogens with zero attached hydrogens (tertiary/aromatic N) is 1. The van der Waals surface area contributed by atoms with E-state index in [2.05, 4.69) is 26.1 Å². The van der Waals surface area contributed by atoms with Crippen molar-refractivity contribution in [1.29, 1.82) is 0 Å². The van der Waals surface area contributed by atoms with E-state index < -0.39 is 0 Å². The van der Waals surface area contributed by atoms with Gasteiger partial charge in [-0.05, 0) is 26.3 Å². The van der Waals surface area contributed by atoms with Crippen molar-refractivity contribution in [2.75, 3.05) is 0 Å². The molecule has 3 rings (SSSR count). The summed E-state index contributed by atoms with van der Waals surface area (Å²) in [5.41, 5.74) is 0.964. The van der Waals surface area contributed by atoms with E-state index in [9.17, 15) is 9.59 Å². The first-order valence-electron chi connectivity index (χ1n) is 7.23. The SMILES string of the molecule is CC1N2C(=O)[C@@H](NC(=O)Cc3ccccc3)C2SC1(C)C.